The number of anilines is 1. The molecule has 0 atom stereocenters. The predicted molar refractivity (Wildman–Crippen MR) is 75.8 cm³/mol. The number of halogens is 1. The SMILES string of the molecule is CCCNc1cc([N+](=O)[O-])cc(F)c1S(=O)(=O)NN(C)C. The van der Waals surface area contributed by atoms with Gasteiger partial charge in [-0.15, -0.1) is 4.83 Å². The van der Waals surface area contributed by atoms with E-state index in [1.807, 2.05) is 6.92 Å². The van der Waals surface area contributed by atoms with E-state index < -0.39 is 31.3 Å². The van der Waals surface area contributed by atoms with Crippen LogP contribution in [0.15, 0.2) is 17.0 Å². The lowest BCUT2D eigenvalue weighted by Gasteiger charge is -2.16. The Morgan fingerprint density at radius 3 is 2.48 bits per heavy atom. The van der Waals surface area contributed by atoms with E-state index >= 15 is 0 Å². The number of sulfonamides is 1. The van der Waals surface area contributed by atoms with E-state index in [0.717, 1.165) is 11.1 Å². The summed E-state index contributed by atoms with van der Waals surface area (Å²) in [6, 6.07) is 1.59. The van der Waals surface area contributed by atoms with E-state index in [-0.39, 0.29) is 5.69 Å². The van der Waals surface area contributed by atoms with Crippen molar-refractivity contribution >= 4 is 21.4 Å². The van der Waals surface area contributed by atoms with Crippen LogP contribution >= 0.6 is 0 Å². The number of hydrogen-bond acceptors (Lipinski definition) is 6. The number of hydrogen-bond donors (Lipinski definition) is 2. The van der Waals surface area contributed by atoms with Gasteiger partial charge in [-0.3, -0.25) is 10.1 Å². The molecule has 0 bridgehead atoms. The fourth-order valence-corrected chi connectivity index (χ4v) is 2.94. The van der Waals surface area contributed by atoms with Gasteiger partial charge in [-0.05, 0) is 6.42 Å². The normalized spacial score (nSPS) is 11.7. The van der Waals surface area contributed by atoms with Crippen molar-refractivity contribution < 1.29 is 17.7 Å². The van der Waals surface area contributed by atoms with E-state index in [2.05, 4.69) is 10.1 Å². The quantitative estimate of drug-likeness (QED) is 0.580. The van der Waals surface area contributed by atoms with Crippen LogP contribution < -0.4 is 10.1 Å². The first-order chi connectivity index (χ1) is 9.69. The van der Waals surface area contributed by atoms with E-state index in [0.29, 0.717) is 19.0 Å². The molecule has 0 fully saturated rings. The first kappa shape index (κ1) is 17.3. The molecule has 2 N–H and O–H groups in total. The van der Waals surface area contributed by atoms with Crippen LogP contribution in [-0.2, 0) is 10.0 Å². The number of nitrogens with one attached hydrogen (secondary N) is 2. The Hall–Kier alpha value is -1.78. The predicted octanol–water partition coefficient (Wildman–Crippen LogP) is 1.31. The number of benzene rings is 1. The number of rotatable bonds is 7. The Balaban J connectivity index is 3.45. The third kappa shape index (κ3) is 4.34. The monoisotopic (exact) mass is 320 g/mol. The van der Waals surface area contributed by atoms with Gasteiger partial charge in [0.2, 0.25) is 0 Å². The standard InChI is InChI=1S/C11H17FN4O4S/c1-4-5-13-10-7-8(16(17)18)6-9(12)11(10)21(19,20)14-15(2)3/h6-7,13-14H,4-5H2,1-3H3. The highest BCUT2D eigenvalue weighted by Gasteiger charge is 2.27. The summed E-state index contributed by atoms with van der Waals surface area (Å²) >= 11 is 0. The van der Waals surface area contributed by atoms with E-state index in [1.165, 1.54) is 14.1 Å². The van der Waals surface area contributed by atoms with Crippen LogP contribution in [0.25, 0.3) is 0 Å². The number of hydrazine groups is 1. The summed E-state index contributed by atoms with van der Waals surface area (Å²) in [6.07, 6.45) is 0.644. The van der Waals surface area contributed by atoms with Gasteiger partial charge in [0.15, 0.2) is 5.82 Å². The minimum atomic E-state index is -4.18. The third-order valence-electron chi connectivity index (χ3n) is 2.38. The molecule has 1 aromatic rings. The Kier molecular flexibility index (Phi) is 5.58. The number of nitrogens with zero attached hydrogens (tertiary/aromatic N) is 2. The van der Waals surface area contributed by atoms with Crippen LogP contribution in [0.2, 0.25) is 0 Å². The van der Waals surface area contributed by atoms with Crippen LogP contribution in [0, 0.1) is 15.9 Å². The van der Waals surface area contributed by atoms with Gasteiger partial charge < -0.3 is 5.32 Å². The molecule has 0 heterocycles. The number of nitro benzene ring substituents is 1. The molecule has 0 aliphatic heterocycles. The maximum absolute atomic E-state index is 14.1. The first-order valence-corrected chi connectivity index (χ1v) is 7.59. The summed E-state index contributed by atoms with van der Waals surface area (Å²) in [5.41, 5.74) is -0.659. The highest BCUT2D eigenvalue weighted by Crippen LogP contribution is 2.29. The summed E-state index contributed by atoms with van der Waals surface area (Å²) in [7, 11) is -1.32. The first-order valence-electron chi connectivity index (χ1n) is 6.10. The Labute approximate surface area is 122 Å². The smallest absolute Gasteiger partial charge is 0.274 e. The van der Waals surface area contributed by atoms with Crippen LogP contribution in [-0.4, -0.2) is 39.0 Å². The molecule has 0 aromatic heterocycles. The highest BCUT2D eigenvalue weighted by molar-refractivity contribution is 7.89. The van der Waals surface area contributed by atoms with Crippen molar-refractivity contribution in [3.05, 3.63) is 28.1 Å². The summed E-state index contributed by atoms with van der Waals surface area (Å²) in [5.74, 6) is -1.18. The van der Waals surface area contributed by atoms with E-state index in [1.54, 1.807) is 0 Å². The lowest BCUT2D eigenvalue weighted by Crippen LogP contribution is -2.37. The molecular formula is C11H17FN4O4S. The second-order valence-electron chi connectivity index (χ2n) is 4.48. The van der Waals surface area contributed by atoms with Crippen molar-refractivity contribution in [1.29, 1.82) is 0 Å². The van der Waals surface area contributed by atoms with Gasteiger partial charge in [0, 0.05) is 26.7 Å². The van der Waals surface area contributed by atoms with Crippen molar-refractivity contribution in [2.45, 2.75) is 18.2 Å². The molecule has 118 valence electrons. The van der Waals surface area contributed by atoms with Crippen LogP contribution in [0.5, 0.6) is 0 Å². The molecular weight excluding hydrogens is 303 g/mol. The van der Waals surface area contributed by atoms with Gasteiger partial charge in [-0.1, -0.05) is 6.92 Å². The maximum atomic E-state index is 14.1. The van der Waals surface area contributed by atoms with Gasteiger partial charge in [0.1, 0.15) is 4.90 Å². The summed E-state index contributed by atoms with van der Waals surface area (Å²) in [4.78, 5) is 11.4. The van der Waals surface area contributed by atoms with Crippen LogP contribution in [0.4, 0.5) is 15.8 Å². The molecule has 8 nitrogen and oxygen atoms in total. The maximum Gasteiger partial charge on any atom is 0.274 e. The lowest BCUT2D eigenvalue weighted by atomic mass is 10.2. The average molecular weight is 320 g/mol. The van der Waals surface area contributed by atoms with E-state index in [4.69, 9.17) is 0 Å². The van der Waals surface area contributed by atoms with Crippen molar-refractivity contribution in [3.63, 3.8) is 0 Å². The molecule has 10 heteroatoms. The number of nitro groups is 1. The largest absolute Gasteiger partial charge is 0.384 e. The molecule has 0 aliphatic rings. The van der Waals surface area contributed by atoms with Crippen LogP contribution in [0.1, 0.15) is 13.3 Å². The second-order valence-corrected chi connectivity index (χ2v) is 6.08. The Morgan fingerprint density at radius 2 is 2.00 bits per heavy atom. The minimum Gasteiger partial charge on any atom is -0.384 e. The molecule has 1 rings (SSSR count). The second kappa shape index (κ2) is 6.78. The molecule has 0 unspecified atom stereocenters. The molecule has 0 aliphatic carbocycles. The average Bonchev–Trinajstić information content (AvgIpc) is 2.33. The van der Waals surface area contributed by atoms with Gasteiger partial charge in [0.05, 0.1) is 16.7 Å². The van der Waals surface area contributed by atoms with E-state index in [9.17, 15) is 22.9 Å². The molecule has 0 amide bonds. The van der Waals surface area contributed by atoms with Crippen molar-refractivity contribution in [2.24, 2.45) is 0 Å². The Morgan fingerprint density at radius 1 is 1.38 bits per heavy atom. The molecule has 0 spiro atoms. The zero-order valence-electron chi connectivity index (χ0n) is 11.9. The molecule has 0 radical (unpaired) electrons. The fraction of sp³-hybridized carbons (Fsp3) is 0.455. The van der Waals surface area contributed by atoms with Crippen molar-refractivity contribution in [3.8, 4) is 0 Å². The van der Waals surface area contributed by atoms with Crippen LogP contribution in [0.3, 0.4) is 0 Å². The minimum absolute atomic E-state index is 0.141. The fourth-order valence-electron chi connectivity index (χ4n) is 1.63. The van der Waals surface area contributed by atoms with Gasteiger partial charge in [-0.2, -0.15) is 0 Å². The third-order valence-corrected chi connectivity index (χ3v) is 3.93. The molecule has 0 saturated heterocycles. The van der Waals surface area contributed by atoms with Crippen molar-refractivity contribution in [1.82, 2.24) is 9.84 Å². The van der Waals surface area contributed by atoms with Crippen molar-refractivity contribution in [2.75, 3.05) is 26.0 Å². The van der Waals surface area contributed by atoms with Gasteiger partial charge in [0.25, 0.3) is 15.7 Å². The molecule has 0 saturated carbocycles. The topological polar surface area (TPSA) is 105 Å². The zero-order valence-corrected chi connectivity index (χ0v) is 12.7. The highest BCUT2D eigenvalue weighted by atomic mass is 32.2. The Bertz CT molecular complexity index is 633. The summed E-state index contributed by atoms with van der Waals surface area (Å²) in [6.45, 7) is 2.18. The molecule has 1 aromatic carbocycles. The summed E-state index contributed by atoms with van der Waals surface area (Å²) < 4.78 is 38.3. The summed E-state index contributed by atoms with van der Waals surface area (Å²) in [5, 5.41) is 14.6. The van der Waals surface area contributed by atoms with Gasteiger partial charge >= 0.3 is 0 Å². The molecule has 21 heavy (non-hydrogen) atoms. The van der Waals surface area contributed by atoms with Gasteiger partial charge in [-0.25, -0.2) is 17.8 Å². The lowest BCUT2D eigenvalue weighted by molar-refractivity contribution is -0.385. The number of non-ortho nitro benzene ring substituents is 1. The zero-order chi connectivity index (χ0) is 16.2.